The number of amidine groups is 1. The number of nitrogen functional groups attached to an aromatic ring is 1. The first kappa shape index (κ1) is 26.1. The van der Waals surface area contributed by atoms with Gasteiger partial charge in [0.25, 0.3) is 0 Å². The van der Waals surface area contributed by atoms with Crippen LogP contribution in [-0.2, 0) is 11.2 Å². The highest BCUT2D eigenvalue weighted by atomic mass is 16.2. The lowest BCUT2D eigenvalue weighted by molar-refractivity contribution is -0.122. The maximum Gasteiger partial charge on any atom is 0.241 e. The molecule has 0 radical (unpaired) electrons. The van der Waals surface area contributed by atoms with E-state index in [2.05, 4.69) is 59.2 Å². The van der Waals surface area contributed by atoms with E-state index in [1.165, 1.54) is 16.3 Å². The van der Waals surface area contributed by atoms with Crippen molar-refractivity contribution in [2.45, 2.75) is 69.5 Å². The summed E-state index contributed by atoms with van der Waals surface area (Å²) >= 11 is 0. The average molecular weight is 510 g/mol. The van der Waals surface area contributed by atoms with Crippen LogP contribution in [0.15, 0.2) is 60.7 Å². The number of hydrogen-bond acceptors (Lipinski definition) is 4. The van der Waals surface area contributed by atoms with E-state index in [0.717, 1.165) is 67.4 Å². The summed E-state index contributed by atoms with van der Waals surface area (Å²) in [6, 6.07) is 20.8. The summed E-state index contributed by atoms with van der Waals surface area (Å²) in [6.45, 7) is 0.690. The van der Waals surface area contributed by atoms with Crippen LogP contribution < -0.4 is 32.5 Å². The molecule has 1 atom stereocenters. The lowest BCUT2D eigenvalue weighted by atomic mass is 9.91. The summed E-state index contributed by atoms with van der Waals surface area (Å²) in [5.74, 6) is 0.104. The van der Waals surface area contributed by atoms with Crippen LogP contribution in [-0.4, -0.2) is 36.4 Å². The highest BCUT2D eigenvalue weighted by Gasteiger charge is 2.27. The Kier molecular flexibility index (Phi) is 8.20. The lowest BCUT2D eigenvalue weighted by Crippen LogP contribution is -2.51. The summed E-state index contributed by atoms with van der Waals surface area (Å²) in [6.07, 6.45) is 9.56. The monoisotopic (exact) mass is 509 g/mol. The molecule has 0 aliphatic heterocycles. The molecule has 38 heavy (non-hydrogen) atoms. The van der Waals surface area contributed by atoms with Crippen molar-refractivity contribution in [1.29, 1.82) is 5.41 Å². The van der Waals surface area contributed by atoms with E-state index in [1.54, 1.807) is 0 Å². The standard InChI is InChI=1S/C32H39N5O/c33-25-13-15-26(16-14-25)37-32(38)30(36-19-18-22-9-5-8-21-6-1-3-10-27(21)22)29-11-4-2-7-23-20-24(31(34)35)12-17-28(23)29/h1,3,5-10,12,17,20,25-26,30,36H,2,4,11,13-16,18-19,33H2,(H3,34,35)(H,37,38). The summed E-state index contributed by atoms with van der Waals surface area (Å²) < 4.78 is 0. The van der Waals surface area contributed by atoms with E-state index < -0.39 is 6.04 Å². The number of hydrogen-bond donors (Lipinski definition) is 5. The van der Waals surface area contributed by atoms with Gasteiger partial charge in [0.1, 0.15) is 11.9 Å². The van der Waals surface area contributed by atoms with E-state index in [4.69, 9.17) is 16.9 Å². The Morgan fingerprint density at radius 3 is 2.63 bits per heavy atom. The molecule has 0 bridgehead atoms. The highest BCUT2D eigenvalue weighted by Crippen LogP contribution is 2.21. The Hall–Kier alpha value is -3.48. The normalized spacial score (nSPS) is 20.2. The first-order valence-electron chi connectivity index (χ1n) is 13.9. The Morgan fingerprint density at radius 2 is 1.82 bits per heavy atom. The lowest BCUT2D eigenvalue weighted by Gasteiger charge is -2.29. The molecule has 6 heteroatoms. The van der Waals surface area contributed by atoms with E-state index in [1.807, 2.05) is 18.2 Å². The van der Waals surface area contributed by atoms with Crippen molar-refractivity contribution in [2.75, 3.05) is 6.54 Å². The van der Waals surface area contributed by atoms with Crippen molar-refractivity contribution in [2.24, 2.45) is 11.5 Å². The molecule has 0 spiro atoms. The summed E-state index contributed by atoms with van der Waals surface area (Å²) in [4.78, 5) is 13.9. The molecule has 5 rings (SSSR count). The number of carbonyl (C=O) groups is 1. The first-order chi connectivity index (χ1) is 18.5. The molecule has 7 N–H and O–H groups in total. The van der Waals surface area contributed by atoms with E-state index in [0.29, 0.717) is 12.1 Å². The maximum absolute atomic E-state index is 13.9. The van der Waals surface area contributed by atoms with Gasteiger partial charge in [0.05, 0.1) is 0 Å². The average Bonchev–Trinajstić information content (AvgIpc) is 3.14. The van der Waals surface area contributed by atoms with Gasteiger partial charge < -0.3 is 22.1 Å². The number of fused-ring (bicyclic) bond motifs is 2. The topological polar surface area (TPSA) is 117 Å². The number of amides is 1. The van der Waals surface area contributed by atoms with Crippen molar-refractivity contribution in [3.05, 3.63) is 82.2 Å². The van der Waals surface area contributed by atoms with Gasteiger partial charge in [-0.05, 0) is 89.8 Å². The smallest absolute Gasteiger partial charge is 0.241 e. The zero-order valence-corrected chi connectivity index (χ0v) is 22.0. The fourth-order valence-electron chi connectivity index (χ4n) is 5.96. The third-order valence-corrected chi connectivity index (χ3v) is 8.07. The van der Waals surface area contributed by atoms with Gasteiger partial charge in [0.2, 0.25) is 5.91 Å². The predicted molar refractivity (Wildman–Crippen MR) is 156 cm³/mol. The SMILES string of the molecule is N=C(N)c1ccc2c(c1)=CCCCC=2C(NCCc1cccc2ccccc12)C(=O)NC1CCC(N)CC1. The number of rotatable bonds is 8. The molecular weight excluding hydrogens is 470 g/mol. The zero-order valence-electron chi connectivity index (χ0n) is 22.0. The van der Waals surface area contributed by atoms with Crippen LogP contribution in [0.1, 0.15) is 56.1 Å². The minimum Gasteiger partial charge on any atom is -0.384 e. The summed E-state index contributed by atoms with van der Waals surface area (Å²) in [7, 11) is 0. The number of benzene rings is 3. The van der Waals surface area contributed by atoms with Crippen LogP contribution in [0.2, 0.25) is 0 Å². The molecule has 1 amide bonds. The van der Waals surface area contributed by atoms with Gasteiger partial charge in [-0.25, -0.2) is 0 Å². The Labute approximate surface area is 224 Å². The molecule has 0 saturated heterocycles. The molecule has 1 fully saturated rings. The van der Waals surface area contributed by atoms with Gasteiger partial charge in [0, 0.05) is 24.2 Å². The van der Waals surface area contributed by atoms with Crippen LogP contribution in [0, 0.1) is 5.41 Å². The largest absolute Gasteiger partial charge is 0.384 e. The van der Waals surface area contributed by atoms with Crippen molar-refractivity contribution in [3.8, 4) is 0 Å². The van der Waals surface area contributed by atoms with Crippen LogP contribution in [0.3, 0.4) is 0 Å². The number of nitrogens with one attached hydrogen (secondary N) is 3. The summed E-state index contributed by atoms with van der Waals surface area (Å²) in [5.41, 5.74) is 15.0. The van der Waals surface area contributed by atoms with Gasteiger partial charge in [-0.2, -0.15) is 0 Å². The summed E-state index contributed by atoms with van der Waals surface area (Å²) in [5, 5.41) is 19.5. The molecule has 0 heterocycles. The molecule has 3 aromatic carbocycles. The molecule has 198 valence electrons. The first-order valence-corrected chi connectivity index (χ1v) is 13.9. The minimum absolute atomic E-state index is 0.0434. The Balaban J connectivity index is 1.45. The van der Waals surface area contributed by atoms with Crippen molar-refractivity contribution < 1.29 is 4.79 Å². The third-order valence-electron chi connectivity index (χ3n) is 8.07. The van der Waals surface area contributed by atoms with Crippen molar-refractivity contribution in [1.82, 2.24) is 10.6 Å². The molecule has 2 aliphatic carbocycles. The number of nitrogens with two attached hydrogens (primary N) is 2. The quantitative estimate of drug-likeness (QED) is 0.237. The minimum atomic E-state index is -0.422. The Bertz CT molecular complexity index is 1430. The van der Waals surface area contributed by atoms with Crippen molar-refractivity contribution in [3.63, 3.8) is 0 Å². The van der Waals surface area contributed by atoms with Crippen LogP contribution in [0.4, 0.5) is 0 Å². The second kappa shape index (κ2) is 11.9. The van der Waals surface area contributed by atoms with E-state index in [9.17, 15) is 4.79 Å². The van der Waals surface area contributed by atoms with Gasteiger partial charge in [-0.3, -0.25) is 10.2 Å². The van der Waals surface area contributed by atoms with Gasteiger partial charge in [-0.15, -0.1) is 0 Å². The van der Waals surface area contributed by atoms with Gasteiger partial charge in [-0.1, -0.05) is 60.7 Å². The van der Waals surface area contributed by atoms with Crippen LogP contribution in [0.25, 0.3) is 22.4 Å². The molecule has 1 saturated carbocycles. The molecule has 3 aromatic rings. The van der Waals surface area contributed by atoms with Crippen LogP contribution in [0.5, 0.6) is 0 Å². The second-order valence-electron chi connectivity index (χ2n) is 10.7. The van der Waals surface area contributed by atoms with Crippen molar-refractivity contribution >= 4 is 34.2 Å². The van der Waals surface area contributed by atoms with E-state index >= 15 is 0 Å². The predicted octanol–water partition coefficient (Wildman–Crippen LogP) is 2.83. The fourth-order valence-corrected chi connectivity index (χ4v) is 5.96. The molecule has 6 nitrogen and oxygen atoms in total. The zero-order chi connectivity index (χ0) is 26.5. The highest BCUT2D eigenvalue weighted by molar-refractivity contribution is 5.95. The third kappa shape index (κ3) is 5.98. The number of carbonyl (C=O) groups excluding carboxylic acids is 1. The van der Waals surface area contributed by atoms with E-state index in [-0.39, 0.29) is 23.8 Å². The molecule has 1 unspecified atom stereocenters. The molecular formula is C32H39N5O. The van der Waals surface area contributed by atoms with Gasteiger partial charge >= 0.3 is 0 Å². The molecule has 0 aromatic heterocycles. The maximum atomic E-state index is 13.9. The fraction of sp³-hybridized carbons (Fsp3) is 0.375. The van der Waals surface area contributed by atoms with Gasteiger partial charge in [0.15, 0.2) is 0 Å². The van der Waals surface area contributed by atoms with Crippen LogP contribution >= 0.6 is 0 Å². The molecule has 2 aliphatic rings. The Morgan fingerprint density at radius 1 is 1.03 bits per heavy atom. The second-order valence-corrected chi connectivity index (χ2v) is 10.7.